The average Bonchev–Trinajstić information content (AvgIpc) is 2.77. The number of rotatable bonds is 3. The third-order valence-corrected chi connectivity index (χ3v) is 2.77. The molecule has 0 saturated carbocycles. The van der Waals surface area contributed by atoms with Crippen molar-refractivity contribution in [2.45, 2.75) is 12.5 Å². The number of hydrogen-bond acceptors (Lipinski definition) is 5. The lowest BCUT2D eigenvalue weighted by Crippen LogP contribution is -2.16. The lowest BCUT2D eigenvalue weighted by Gasteiger charge is -2.12. The lowest BCUT2D eigenvalue weighted by atomic mass is 10.0. The standard InChI is InChI=1S/C11H12ClNO4/c1-15-10(14)4-8(13)6-2-7(12)11-9(3-6)16-5-17-11/h2-3,8H,4-5,13H2,1H3/t8-/m0/s1. The van der Waals surface area contributed by atoms with Gasteiger partial charge in [-0.15, -0.1) is 0 Å². The fourth-order valence-corrected chi connectivity index (χ4v) is 1.86. The van der Waals surface area contributed by atoms with Gasteiger partial charge in [-0.25, -0.2) is 0 Å². The van der Waals surface area contributed by atoms with E-state index in [0.29, 0.717) is 22.1 Å². The molecule has 1 aromatic carbocycles. The van der Waals surface area contributed by atoms with E-state index in [1.807, 2.05) is 0 Å². The van der Waals surface area contributed by atoms with Gasteiger partial charge in [0, 0.05) is 6.04 Å². The maximum atomic E-state index is 11.1. The van der Waals surface area contributed by atoms with Crippen molar-refractivity contribution in [3.63, 3.8) is 0 Å². The molecule has 92 valence electrons. The SMILES string of the molecule is COC(=O)C[C@H](N)c1cc(Cl)c2c(c1)OCO2. The van der Waals surface area contributed by atoms with Gasteiger partial charge in [-0.1, -0.05) is 11.6 Å². The van der Waals surface area contributed by atoms with Crippen LogP contribution in [0, 0.1) is 0 Å². The number of ether oxygens (including phenoxy) is 3. The van der Waals surface area contributed by atoms with Gasteiger partial charge in [0.25, 0.3) is 0 Å². The zero-order chi connectivity index (χ0) is 12.4. The molecule has 2 rings (SSSR count). The van der Waals surface area contributed by atoms with Crippen molar-refractivity contribution in [1.82, 2.24) is 0 Å². The molecule has 1 aliphatic heterocycles. The average molecular weight is 258 g/mol. The Balaban J connectivity index is 2.22. The van der Waals surface area contributed by atoms with Crippen LogP contribution in [0.2, 0.25) is 5.02 Å². The van der Waals surface area contributed by atoms with Gasteiger partial charge in [0.2, 0.25) is 6.79 Å². The third kappa shape index (κ3) is 2.45. The predicted molar refractivity (Wildman–Crippen MR) is 61.1 cm³/mol. The highest BCUT2D eigenvalue weighted by Gasteiger charge is 2.21. The summed E-state index contributed by atoms with van der Waals surface area (Å²) in [5.41, 5.74) is 6.59. The van der Waals surface area contributed by atoms with Crippen molar-refractivity contribution in [3.8, 4) is 11.5 Å². The van der Waals surface area contributed by atoms with Gasteiger partial charge in [-0.3, -0.25) is 4.79 Å². The first-order chi connectivity index (χ1) is 8.11. The topological polar surface area (TPSA) is 70.8 Å². The monoisotopic (exact) mass is 257 g/mol. The lowest BCUT2D eigenvalue weighted by molar-refractivity contribution is -0.141. The second kappa shape index (κ2) is 4.81. The normalized spacial score (nSPS) is 14.5. The summed E-state index contributed by atoms with van der Waals surface area (Å²) in [5, 5.41) is 0.426. The summed E-state index contributed by atoms with van der Waals surface area (Å²) in [4.78, 5) is 11.1. The number of nitrogens with two attached hydrogens (primary N) is 1. The first-order valence-corrected chi connectivity index (χ1v) is 5.41. The fourth-order valence-electron chi connectivity index (χ4n) is 1.58. The summed E-state index contributed by atoms with van der Waals surface area (Å²) >= 11 is 6.01. The van der Waals surface area contributed by atoms with Crippen LogP contribution in [-0.4, -0.2) is 19.9 Å². The summed E-state index contributed by atoms with van der Waals surface area (Å²) in [5.74, 6) is 0.694. The van der Waals surface area contributed by atoms with E-state index < -0.39 is 6.04 Å². The summed E-state index contributed by atoms with van der Waals surface area (Å²) in [7, 11) is 1.32. The van der Waals surface area contributed by atoms with Gasteiger partial charge >= 0.3 is 5.97 Å². The van der Waals surface area contributed by atoms with Crippen LogP contribution in [0.1, 0.15) is 18.0 Å². The van der Waals surface area contributed by atoms with Gasteiger partial charge in [-0.2, -0.15) is 0 Å². The van der Waals surface area contributed by atoms with Gasteiger partial charge in [0.1, 0.15) is 0 Å². The molecule has 0 radical (unpaired) electrons. The number of benzene rings is 1. The molecule has 0 bridgehead atoms. The Morgan fingerprint density at radius 1 is 1.59 bits per heavy atom. The van der Waals surface area contributed by atoms with E-state index in [-0.39, 0.29) is 19.2 Å². The van der Waals surface area contributed by atoms with Crippen LogP contribution in [0.3, 0.4) is 0 Å². The van der Waals surface area contributed by atoms with Crippen LogP contribution in [0.25, 0.3) is 0 Å². The van der Waals surface area contributed by atoms with Crippen molar-refractivity contribution in [3.05, 3.63) is 22.7 Å². The van der Waals surface area contributed by atoms with Crippen molar-refractivity contribution in [2.75, 3.05) is 13.9 Å². The molecule has 2 N–H and O–H groups in total. The quantitative estimate of drug-likeness (QED) is 0.834. The first kappa shape index (κ1) is 12.0. The number of hydrogen-bond donors (Lipinski definition) is 1. The van der Waals surface area contributed by atoms with Crippen LogP contribution in [0.5, 0.6) is 11.5 Å². The van der Waals surface area contributed by atoms with Gasteiger partial charge in [0.05, 0.1) is 18.6 Å². The Morgan fingerprint density at radius 3 is 3.06 bits per heavy atom. The Kier molecular flexibility index (Phi) is 3.40. The number of carbonyl (C=O) groups excluding carboxylic acids is 1. The molecule has 17 heavy (non-hydrogen) atoms. The van der Waals surface area contributed by atoms with Crippen molar-refractivity contribution >= 4 is 17.6 Å². The maximum Gasteiger partial charge on any atom is 0.307 e. The van der Waals surface area contributed by atoms with E-state index in [1.165, 1.54) is 7.11 Å². The molecule has 0 fully saturated rings. The summed E-state index contributed by atoms with van der Waals surface area (Å²) in [6, 6.07) is 2.92. The largest absolute Gasteiger partial charge is 0.469 e. The second-order valence-corrected chi connectivity index (χ2v) is 4.03. The minimum Gasteiger partial charge on any atom is -0.469 e. The molecule has 1 atom stereocenters. The van der Waals surface area contributed by atoms with E-state index in [1.54, 1.807) is 12.1 Å². The Hall–Kier alpha value is -1.46. The van der Waals surface area contributed by atoms with E-state index >= 15 is 0 Å². The van der Waals surface area contributed by atoms with Crippen LogP contribution in [0.15, 0.2) is 12.1 Å². The second-order valence-electron chi connectivity index (χ2n) is 3.62. The van der Waals surface area contributed by atoms with Gasteiger partial charge in [0.15, 0.2) is 11.5 Å². The Labute approximate surface area is 103 Å². The summed E-state index contributed by atoms with van der Waals surface area (Å²) in [6.45, 7) is 0.144. The molecule has 1 aliphatic rings. The van der Waals surface area contributed by atoms with Crippen LogP contribution in [0.4, 0.5) is 0 Å². The summed E-state index contributed by atoms with van der Waals surface area (Å²) in [6.07, 6.45) is 0.0898. The number of halogens is 1. The molecule has 1 aromatic rings. The molecular formula is C11H12ClNO4. The minimum atomic E-state index is -0.477. The van der Waals surface area contributed by atoms with Crippen molar-refractivity contribution in [2.24, 2.45) is 5.73 Å². The predicted octanol–water partition coefficient (Wildman–Crippen LogP) is 1.63. The van der Waals surface area contributed by atoms with Gasteiger partial charge in [-0.05, 0) is 17.7 Å². The molecule has 0 saturated heterocycles. The number of fused-ring (bicyclic) bond motifs is 1. The molecule has 0 spiro atoms. The highest BCUT2D eigenvalue weighted by atomic mass is 35.5. The first-order valence-electron chi connectivity index (χ1n) is 5.03. The Bertz CT molecular complexity index is 449. The molecular weight excluding hydrogens is 246 g/mol. The smallest absolute Gasteiger partial charge is 0.307 e. The van der Waals surface area contributed by atoms with Crippen LogP contribution in [-0.2, 0) is 9.53 Å². The number of methoxy groups -OCH3 is 1. The highest BCUT2D eigenvalue weighted by Crippen LogP contribution is 2.41. The number of carbonyl (C=O) groups is 1. The highest BCUT2D eigenvalue weighted by molar-refractivity contribution is 6.32. The molecule has 1 heterocycles. The molecule has 0 unspecified atom stereocenters. The third-order valence-electron chi connectivity index (χ3n) is 2.49. The number of esters is 1. The van der Waals surface area contributed by atoms with E-state index in [4.69, 9.17) is 26.8 Å². The fraction of sp³-hybridized carbons (Fsp3) is 0.364. The van der Waals surface area contributed by atoms with E-state index in [0.717, 1.165) is 0 Å². The molecule has 0 aliphatic carbocycles. The minimum absolute atomic E-state index is 0.0898. The summed E-state index contributed by atoms with van der Waals surface area (Å²) < 4.78 is 15.0. The zero-order valence-electron chi connectivity index (χ0n) is 9.23. The zero-order valence-corrected chi connectivity index (χ0v) is 9.99. The van der Waals surface area contributed by atoms with Gasteiger partial charge < -0.3 is 19.9 Å². The van der Waals surface area contributed by atoms with Crippen LogP contribution >= 0.6 is 11.6 Å². The maximum absolute atomic E-state index is 11.1. The van der Waals surface area contributed by atoms with E-state index in [9.17, 15) is 4.79 Å². The van der Waals surface area contributed by atoms with E-state index in [2.05, 4.69) is 4.74 Å². The molecule has 0 aromatic heterocycles. The van der Waals surface area contributed by atoms with Crippen molar-refractivity contribution < 1.29 is 19.0 Å². The molecule has 0 amide bonds. The molecule has 6 heteroatoms. The molecule has 5 nitrogen and oxygen atoms in total. The Morgan fingerprint density at radius 2 is 2.35 bits per heavy atom. The van der Waals surface area contributed by atoms with Crippen molar-refractivity contribution in [1.29, 1.82) is 0 Å². The van der Waals surface area contributed by atoms with Crippen LogP contribution < -0.4 is 15.2 Å².